The van der Waals surface area contributed by atoms with E-state index in [1.165, 1.54) is 50.7 Å². The Morgan fingerprint density at radius 1 is 1.05 bits per heavy atom. The van der Waals surface area contributed by atoms with E-state index in [2.05, 4.69) is 6.92 Å². The summed E-state index contributed by atoms with van der Waals surface area (Å²) in [6.07, 6.45) is 9.86. The minimum absolute atomic E-state index is 0.243. The van der Waals surface area contributed by atoms with Crippen LogP contribution in [0.25, 0.3) is 0 Å². The van der Waals surface area contributed by atoms with Gasteiger partial charge in [-0.1, -0.05) is 51.9 Å². The Labute approximate surface area is 121 Å². The topological polar surface area (TPSA) is 33.0 Å². The zero-order chi connectivity index (χ0) is 14.6. The van der Waals surface area contributed by atoms with E-state index in [1.54, 1.807) is 6.07 Å². The molecule has 20 heavy (non-hydrogen) atoms. The summed E-state index contributed by atoms with van der Waals surface area (Å²) in [6, 6.07) is 6.22. The SMILES string of the molecule is CCCCCCCCCCOc1ccc(C#N)cc1F. The highest BCUT2D eigenvalue weighted by atomic mass is 19.1. The minimum Gasteiger partial charge on any atom is -0.491 e. The highest BCUT2D eigenvalue weighted by molar-refractivity contribution is 5.35. The summed E-state index contributed by atoms with van der Waals surface area (Å²) in [5.74, 6) is -0.212. The van der Waals surface area contributed by atoms with Crippen LogP contribution in [-0.2, 0) is 0 Å². The average molecular weight is 277 g/mol. The van der Waals surface area contributed by atoms with Gasteiger partial charge < -0.3 is 4.74 Å². The van der Waals surface area contributed by atoms with Crippen molar-refractivity contribution in [3.8, 4) is 11.8 Å². The molecule has 0 amide bonds. The molecule has 110 valence electrons. The van der Waals surface area contributed by atoms with Crippen molar-refractivity contribution >= 4 is 0 Å². The first-order chi connectivity index (χ1) is 9.77. The second-order valence-electron chi connectivity index (χ2n) is 5.08. The van der Waals surface area contributed by atoms with Gasteiger partial charge >= 0.3 is 0 Å². The van der Waals surface area contributed by atoms with Gasteiger partial charge in [0, 0.05) is 0 Å². The van der Waals surface area contributed by atoms with Crippen LogP contribution in [0.3, 0.4) is 0 Å². The second kappa shape index (κ2) is 10.3. The van der Waals surface area contributed by atoms with E-state index < -0.39 is 5.82 Å². The molecule has 0 aliphatic heterocycles. The van der Waals surface area contributed by atoms with Gasteiger partial charge in [0.05, 0.1) is 18.2 Å². The van der Waals surface area contributed by atoms with Crippen molar-refractivity contribution < 1.29 is 9.13 Å². The van der Waals surface area contributed by atoms with Crippen molar-refractivity contribution in [2.24, 2.45) is 0 Å². The molecule has 1 aromatic rings. The molecular formula is C17H24FNO. The maximum atomic E-state index is 13.5. The fourth-order valence-corrected chi connectivity index (χ4v) is 2.11. The first-order valence-corrected chi connectivity index (χ1v) is 7.60. The van der Waals surface area contributed by atoms with Crippen LogP contribution < -0.4 is 4.74 Å². The predicted molar refractivity (Wildman–Crippen MR) is 79.2 cm³/mol. The fourth-order valence-electron chi connectivity index (χ4n) is 2.11. The maximum Gasteiger partial charge on any atom is 0.166 e. The van der Waals surface area contributed by atoms with Crippen LogP contribution in [0.1, 0.15) is 63.9 Å². The normalized spacial score (nSPS) is 10.2. The van der Waals surface area contributed by atoms with Gasteiger partial charge in [-0.15, -0.1) is 0 Å². The number of unbranched alkanes of at least 4 members (excludes halogenated alkanes) is 7. The number of nitriles is 1. The lowest BCUT2D eigenvalue weighted by molar-refractivity contribution is 0.290. The van der Waals surface area contributed by atoms with Gasteiger partial charge in [-0.05, 0) is 24.6 Å². The van der Waals surface area contributed by atoms with E-state index in [4.69, 9.17) is 10.00 Å². The molecule has 0 heterocycles. The number of hydrogen-bond acceptors (Lipinski definition) is 2. The van der Waals surface area contributed by atoms with E-state index in [9.17, 15) is 4.39 Å². The molecule has 0 aliphatic carbocycles. The quantitative estimate of drug-likeness (QED) is 0.549. The van der Waals surface area contributed by atoms with Crippen LogP contribution in [0, 0.1) is 17.1 Å². The van der Waals surface area contributed by atoms with Gasteiger partial charge in [0.2, 0.25) is 0 Å². The molecule has 1 aromatic carbocycles. The highest BCUT2D eigenvalue weighted by Crippen LogP contribution is 2.18. The van der Waals surface area contributed by atoms with Crippen LogP contribution in [0.2, 0.25) is 0 Å². The summed E-state index contributed by atoms with van der Waals surface area (Å²) in [4.78, 5) is 0. The van der Waals surface area contributed by atoms with Crippen molar-refractivity contribution in [2.45, 2.75) is 58.3 Å². The Hall–Kier alpha value is -1.56. The van der Waals surface area contributed by atoms with Crippen LogP contribution >= 0.6 is 0 Å². The zero-order valence-corrected chi connectivity index (χ0v) is 12.3. The smallest absolute Gasteiger partial charge is 0.166 e. The monoisotopic (exact) mass is 277 g/mol. The number of nitrogens with zero attached hydrogens (tertiary/aromatic N) is 1. The summed E-state index contributed by atoms with van der Waals surface area (Å²) in [7, 11) is 0. The third-order valence-electron chi connectivity index (χ3n) is 3.32. The van der Waals surface area contributed by atoms with Gasteiger partial charge in [-0.25, -0.2) is 4.39 Å². The van der Waals surface area contributed by atoms with Gasteiger partial charge in [0.1, 0.15) is 0 Å². The van der Waals surface area contributed by atoms with Gasteiger partial charge in [0.25, 0.3) is 0 Å². The van der Waals surface area contributed by atoms with E-state index in [0.717, 1.165) is 12.8 Å². The van der Waals surface area contributed by atoms with Crippen molar-refractivity contribution in [1.82, 2.24) is 0 Å². The lowest BCUT2D eigenvalue weighted by atomic mass is 10.1. The molecule has 0 N–H and O–H groups in total. The van der Waals surface area contributed by atoms with Crippen molar-refractivity contribution in [1.29, 1.82) is 5.26 Å². The number of hydrogen-bond donors (Lipinski definition) is 0. The molecule has 0 saturated heterocycles. The van der Waals surface area contributed by atoms with Gasteiger partial charge in [-0.2, -0.15) is 5.26 Å². The standard InChI is InChI=1S/C17H24FNO/c1-2-3-4-5-6-7-8-9-12-20-17-11-10-15(14-19)13-16(17)18/h10-11,13H,2-9,12H2,1H3. The van der Waals surface area contributed by atoms with Gasteiger partial charge in [-0.3, -0.25) is 0 Å². The minimum atomic E-state index is -0.455. The van der Waals surface area contributed by atoms with Crippen molar-refractivity contribution in [3.05, 3.63) is 29.6 Å². The van der Waals surface area contributed by atoms with Crippen molar-refractivity contribution in [3.63, 3.8) is 0 Å². The Balaban J connectivity index is 2.08. The lowest BCUT2D eigenvalue weighted by Crippen LogP contribution is -1.99. The van der Waals surface area contributed by atoms with Crippen LogP contribution in [0.4, 0.5) is 4.39 Å². The Kier molecular flexibility index (Phi) is 8.46. The molecule has 1 rings (SSSR count). The molecule has 3 heteroatoms. The molecule has 2 nitrogen and oxygen atoms in total. The summed E-state index contributed by atoms with van der Waals surface area (Å²) < 4.78 is 18.9. The Bertz CT molecular complexity index is 425. The van der Waals surface area contributed by atoms with Crippen LogP contribution in [0.15, 0.2) is 18.2 Å². The molecule has 0 radical (unpaired) electrons. The molecular weight excluding hydrogens is 253 g/mol. The number of benzene rings is 1. The van der Waals surface area contributed by atoms with E-state index in [0.29, 0.717) is 12.2 Å². The maximum absolute atomic E-state index is 13.5. The van der Waals surface area contributed by atoms with Crippen molar-refractivity contribution in [2.75, 3.05) is 6.61 Å². The average Bonchev–Trinajstić information content (AvgIpc) is 2.47. The Morgan fingerprint density at radius 3 is 2.30 bits per heavy atom. The van der Waals surface area contributed by atoms with Gasteiger partial charge in [0.15, 0.2) is 11.6 Å². The first kappa shape index (κ1) is 16.5. The molecule has 0 saturated carbocycles. The number of ether oxygens (including phenoxy) is 1. The lowest BCUT2D eigenvalue weighted by Gasteiger charge is -2.07. The van der Waals surface area contributed by atoms with E-state index >= 15 is 0 Å². The third kappa shape index (κ3) is 6.56. The largest absolute Gasteiger partial charge is 0.491 e. The summed E-state index contributed by atoms with van der Waals surface area (Å²) in [5.41, 5.74) is 0.321. The van der Waals surface area contributed by atoms with Crippen LogP contribution in [0.5, 0.6) is 5.75 Å². The van der Waals surface area contributed by atoms with E-state index in [1.807, 2.05) is 6.07 Å². The molecule has 0 unspecified atom stereocenters. The number of rotatable bonds is 10. The number of halogens is 1. The molecule has 0 bridgehead atoms. The first-order valence-electron chi connectivity index (χ1n) is 7.60. The van der Waals surface area contributed by atoms with E-state index in [-0.39, 0.29) is 5.75 Å². The summed E-state index contributed by atoms with van der Waals surface area (Å²) in [6.45, 7) is 2.76. The summed E-state index contributed by atoms with van der Waals surface area (Å²) >= 11 is 0. The predicted octanol–water partition coefficient (Wildman–Crippen LogP) is 5.22. The molecule has 0 spiro atoms. The molecule has 0 fully saturated rings. The third-order valence-corrected chi connectivity index (χ3v) is 3.32. The highest BCUT2D eigenvalue weighted by Gasteiger charge is 2.04. The second-order valence-corrected chi connectivity index (χ2v) is 5.08. The molecule has 0 atom stereocenters. The fraction of sp³-hybridized carbons (Fsp3) is 0.588. The van der Waals surface area contributed by atoms with Crippen LogP contribution in [-0.4, -0.2) is 6.61 Å². The molecule has 0 aliphatic rings. The molecule has 0 aromatic heterocycles. The summed E-state index contributed by atoms with van der Waals surface area (Å²) in [5, 5.41) is 8.65. The Morgan fingerprint density at radius 2 is 1.70 bits per heavy atom. The zero-order valence-electron chi connectivity index (χ0n) is 12.3.